The second-order valence-electron chi connectivity index (χ2n) is 5.04. The average Bonchev–Trinajstić information content (AvgIpc) is 2.96. The van der Waals surface area contributed by atoms with Crippen molar-refractivity contribution >= 4 is 21.6 Å². The molecule has 3 rings (SSSR count). The normalized spacial score (nSPS) is 11.9. The quantitative estimate of drug-likeness (QED) is 0.632. The number of halogens is 1. The number of benzene rings is 2. The molecule has 0 spiro atoms. The van der Waals surface area contributed by atoms with Crippen LogP contribution in [0.15, 0.2) is 54.4 Å². The zero-order chi connectivity index (χ0) is 15.5. The fraction of sp³-hybridized carbons (Fsp3) is 0.167. The summed E-state index contributed by atoms with van der Waals surface area (Å²) in [7, 11) is 0. The summed E-state index contributed by atoms with van der Waals surface area (Å²) in [4.78, 5) is 4.65. The largest absolute Gasteiger partial charge is 0.486 e. The van der Waals surface area contributed by atoms with E-state index < -0.39 is 0 Å². The van der Waals surface area contributed by atoms with Crippen LogP contribution in [0.2, 0.25) is 0 Å². The zero-order valence-electron chi connectivity index (χ0n) is 12.5. The highest BCUT2D eigenvalue weighted by atomic mass is 32.1. The Kier molecular flexibility index (Phi) is 4.20. The summed E-state index contributed by atoms with van der Waals surface area (Å²) in [5.41, 5.74) is 3.21. The van der Waals surface area contributed by atoms with Gasteiger partial charge < -0.3 is 4.74 Å². The Bertz CT molecular complexity index is 821. The summed E-state index contributed by atoms with van der Waals surface area (Å²) in [6.07, 6.45) is 1.40. The van der Waals surface area contributed by atoms with E-state index in [-0.39, 0.29) is 12.4 Å². The number of thiazole rings is 1. The molecule has 0 aliphatic heterocycles. The third-order valence-electron chi connectivity index (χ3n) is 3.35. The van der Waals surface area contributed by atoms with Crippen LogP contribution in [-0.4, -0.2) is 11.6 Å². The molecule has 22 heavy (non-hydrogen) atoms. The lowest BCUT2D eigenvalue weighted by molar-refractivity contribution is 0.319. The lowest BCUT2D eigenvalue weighted by Gasteiger charge is -2.03. The predicted octanol–water partition coefficient (Wildman–Crippen LogP) is 5.52. The minimum atomic E-state index is -0.279. The molecule has 0 bridgehead atoms. The molecule has 3 aromatic rings. The molecular weight excluding hydrogens is 297 g/mol. The summed E-state index contributed by atoms with van der Waals surface area (Å²) in [6, 6.07) is 14.0. The standard InChI is InChI=1S/C18H16FNOS/c1-3-14(19)11-21-15-8-9-17-16(10-15)20-18(22-17)13-6-4-12(2)5-7-13/h3-10H,11H2,1-2H3/b14-3+. The number of fused-ring (bicyclic) bond motifs is 1. The molecular formula is C18H16FNOS. The Morgan fingerprint density at radius 2 is 2.00 bits per heavy atom. The summed E-state index contributed by atoms with van der Waals surface area (Å²) in [6.45, 7) is 3.67. The van der Waals surface area contributed by atoms with Gasteiger partial charge in [0.25, 0.3) is 0 Å². The molecule has 0 fully saturated rings. The monoisotopic (exact) mass is 313 g/mol. The van der Waals surface area contributed by atoms with Gasteiger partial charge in [-0.1, -0.05) is 35.9 Å². The molecule has 4 heteroatoms. The summed E-state index contributed by atoms with van der Waals surface area (Å²) < 4.78 is 19.6. The van der Waals surface area contributed by atoms with Gasteiger partial charge in [-0.15, -0.1) is 11.3 Å². The summed E-state index contributed by atoms with van der Waals surface area (Å²) in [5.74, 6) is 0.351. The van der Waals surface area contributed by atoms with Crippen LogP contribution in [0, 0.1) is 6.92 Å². The highest BCUT2D eigenvalue weighted by molar-refractivity contribution is 7.21. The van der Waals surface area contributed by atoms with Gasteiger partial charge in [0.05, 0.1) is 10.2 Å². The van der Waals surface area contributed by atoms with Gasteiger partial charge in [0.15, 0.2) is 0 Å². The van der Waals surface area contributed by atoms with Gasteiger partial charge in [0.1, 0.15) is 23.2 Å². The predicted molar refractivity (Wildman–Crippen MR) is 90.2 cm³/mol. The molecule has 2 aromatic carbocycles. The van der Waals surface area contributed by atoms with E-state index in [0.29, 0.717) is 5.75 Å². The Balaban J connectivity index is 1.88. The van der Waals surface area contributed by atoms with Crippen LogP contribution in [0.4, 0.5) is 4.39 Å². The highest BCUT2D eigenvalue weighted by Gasteiger charge is 2.07. The van der Waals surface area contributed by atoms with Crippen molar-refractivity contribution in [1.82, 2.24) is 4.98 Å². The molecule has 0 radical (unpaired) electrons. The molecule has 1 heterocycles. The van der Waals surface area contributed by atoms with Gasteiger partial charge in [-0.2, -0.15) is 0 Å². The van der Waals surface area contributed by atoms with Gasteiger partial charge in [-0.3, -0.25) is 0 Å². The smallest absolute Gasteiger partial charge is 0.139 e. The Morgan fingerprint density at radius 3 is 2.73 bits per heavy atom. The number of rotatable bonds is 4. The number of nitrogens with zero attached hydrogens (tertiary/aromatic N) is 1. The van der Waals surface area contributed by atoms with Crippen molar-refractivity contribution in [3.05, 3.63) is 59.9 Å². The van der Waals surface area contributed by atoms with E-state index >= 15 is 0 Å². The molecule has 0 aliphatic rings. The van der Waals surface area contributed by atoms with E-state index in [9.17, 15) is 4.39 Å². The number of aryl methyl sites for hydroxylation is 1. The first kappa shape index (κ1) is 14.7. The summed E-state index contributed by atoms with van der Waals surface area (Å²) in [5, 5.41) is 0.979. The fourth-order valence-electron chi connectivity index (χ4n) is 2.05. The number of hydrogen-bond donors (Lipinski definition) is 0. The third kappa shape index (κ3) is 3.17. The molecule has 112 valence electrons. The van der Waals surface area contributed by atoms with E-state index in [4.69, 9.17) is 4.74 Å². The number of allylic oxidation sites excluding steroid dienone is 1. The maximum Gasteiger partial charge on any atom is 0.139 e. The maximum atomic E-state index is 13.1. The van der Waals surface area contributed by atoms with Crippen molar-refractivity contribution in [1.29, 1.82) is 0 Å². The summed E-state index contributed by atoms with van der Waals surface area (Å²) >= 11 is 1.64. The van der Waals surface area contributed by atoms with E-state index in [2.05, 4.69) is 36.2 Å². The van der Waals surface area contributed by atoms with Crippen LogP contribution in [0.25, 0.3) is 20.8 Å². The van der Waals surface area contributed by atoms with E-state index in [1.807, 2.05) is 18.2 Å². The van der Waals surface area contributed by atoms with Gasteiger partial charge in [0, 0.05) is 11.6 Å². The van der Waals surface area contributed by atoms with Crippen LogP contribution < -0.4 is 4.74 Å². The highest BCUT2D eigenvalue weighted by Crippen LogP contribution is 2.32. The van der Waals surface area contributed by atoms with E-state index in [0.717, 1.165) is 20.8 Å². The van der Waals surface area contributed by atoms with Gasteiger partial charge in [-0.25, -0.2) is 9.37 Å². The second kappa shape index (κ2) is 6.28. The number of hydrogen-bond acceptors (Lipinski definition) is 3. The molecule has 0 saturated carbocycles. The minimum absolute atomic E-state index is 0.0447. The van der Waals surface area contributed by atoms with Crippen LogP contribution in [-0.2, 0) is 0 Å². The molecule has 0 amide bonds. The Morgan fingerprint density at radius 1 is 1.23 bits per heavy atom. The number of aromatic nitrogens is 1. The van der Waals surface area contributed by atoms with Crippen LogP contribution in [0.3, 0.4) is 0 Å². The molecule has 0 atom stereocenters. The van der Waals surface area contributed by atoms with E-state index in [1.165, 1.54) is 11.6 Å². The lowest BCUT2D eigenvalue weighted by Crippen LogP contribution is -1.97. The fourth-order valence-corrected chi connectivity index (χ4v) is 3.00. The van der Waals surface area contributed by atoms with E-state index in [1.54, 1.807) is 18.3 Å². The second-order valence-corrected chi connectivity index (χ2v) is 6.07. The minimum Gasteiger partial charge on any atom is -0.486 e. The molecule has 2 nitrogen and oxygen atoms in total. The molecule has 1 aromatic heterocycles. The van der Waals surface area contributed by atoms with Crippen molar-refractivity contribution in [3.8, 4) is 16.3 Å². The topological polar surface area (TPSA) is 22.1 Å². The van der Waals surface area contributed by atoms with Crippen LogP contribution in [0.5, 0.6) is 5.75 Å². The Hall–Kier alpha value is -2.20. The average molecular weight is 313 g/mol. The van der Waals surface area contributed by atoms with Crippen molar-refractivity contribution in [3.63, 3.8) is 0 Å². The molecule has 0 saturated heterocycles. The van der Waals surface area contributed by atoms with Crippen molar-refractivity contribution in [2.45, 2.75) is 13.8 Å². The molecule has 0 aliphatic carbocycles. The van der Waals surface area contributed by atoms with Crippen molar-refractivity contribution in [2.75, 3.05) is 6.61 Å². The van der Waals surface area contributed by atoms with Gasteiger partial charge >= 0.3 is 0 Å². The molecule has 0 N–H and O–H groups in total. The lowest BCUT2D eigenvalue weighted by atomic mass is 10.2. The molecule has 0 unspecified atom stereocenters. The SMILES string of the molecule is C/C=C(/F)COc1ccc2sc(-c3ccc(C)cc3)nc2c1. The van der Waals surface area contributed by atoms with Crippen molar-refractivity contribution in [2.24, 2.45) is 0 Å². The third-order valence-corrected chi connectivity index (χ3v) is 4.43. The van der Waals surface area contributed by atoms with Gasteiger partial charge in [-0.05, 0) is 26.0 Å². The number of ether oxygens (including phenoxy) is 1. The maximum absolute atomic E-state index is 13.1. The first-order chi connectivity index (χ1) is 10.7. The van der Waals surface area contributed by atoms with Crippen molar-refractivity contribution < 1.29 is 9.13 Å². The van der Waals surface area contributed by atoms with Crippen LogP contribution in [0.1, 0.15) is 12.5 Å². The van der Waals surface area contributed by atoms with Gasteiger partial charge in [0.2, 0.25) is 0 Å². The Labute approximate surface area is 132 Å². The zero-order valence-corrected chi connectivity index (χ0v) is 13.3. The van der Waals surface area contributed by atoms with Crippen LogP contribution >= 0.6 is 11.3 Å². The first-order valence-electron chi connectivity index (χ1n) is 7.07. The first-order valence-corrected chi connectivity index (χ1v) is 7.88.